The Bertz CT molecular complexity index is 444. The van der Waals surface area contributed by atoms with Crippen LogP contribution in [-0.2, 0) is 9.84 Å². The van der Waals surface area contributed by atoms with E-state index in [9.17, 15) is 8.42 Å². The summed E-state index contributed by atoms with van der Waals surface area (Å²) in [7, 11) is -5.13. The highest BCUT2D eigenvalue weighted by Crippen LogP contribution is 2.12. The van der Waals surface area contributed by atoms with Gasteiger partial charge in [-0.2, -0.15) is 0 Å². The number of nitrogens with zero attached hydrogens (tertiary/aromatic N) is 1. The van der Waals surface area contributed by atoms with E-state index in [1.165, 1.54) is 18.5 Å². The molecule has 0 amide bonds. The van der Waals surface area contributed by atoms with Crippen molar-refractivity contribution in [1.29, 1.82) is 0 Å². The monoisotopic (exact) mass is 229 g/mol. The zero-order chi connectivity index (χ0) is 11.6. The Morgan fingerprint density at radius 3 is 2.40 bits per heavy atom. The van der Waals surface area contributed by atoms with Crippen LogP contribution < -0.4 is 5.46 Å². The smallest absolute Gasteiger partial charge is 0.423 e. The summed E-state index contributed by atoms with van der Waals surface area (Å²) in [5, 5.41) is 17.2. The molecular formula is C8H12BNO4S. The van der Waals surface area contributed by atoms with Crippen LogP contribution in [0.1, 0.15) is 13.8 Å². The highest BCUT2D eigenvalue weighted by molar-refractivity contribution is 7.92. The maximum Gasteiger partial charge on any atom is 0.490 e. The Morgan fingerprint density at radius 1 is 1.33 bits per heavy atom. The summed E-state index contributed by atoms with van der Waals surface area (Å²) in [6.07, 6.45) is 2.41. The van der Waals surface area contributed by atoms with Gasteiger partial charge in [0.15, 0.2) is 9.84 Å². The van der Waals surface area contributed by atoms with Gasteiger partial charge in [0.2, 0.25) is 0 Å². The topological polar surface area (TPSA) is 87.5 Å². The lowest BCUT2D eigenvalue weighted by Crippen LogP contribution is -2.31. The number of hydrogen-bond acceptors (Lipinski definition) is 5. The van der Waals surface area contributed by atoms with E-state index in [-0.39, 0.29) is 10.4 Å². The molecule has 2 N–H and O–H groups in total. The van der Waals surface area contributed by atoms with E-state index < -0.39 is 22.2 Å². The van der Waals surface area contributed by atoms with Crippen LogP contribution >= 0.6 is 0 Å². The Kier molecular flexibility index (Phi) is 3.48. The first-order chi connectivity index (χ1) is 6.85. The summed E-state index contributed by atoms with van der Waals surface area (Å²) in [5.41, 5.74) is 0.0664. The minimum Gasteiger partial charge on any atom is -0.423 e. The van der Waals surface area contributed by atoms with Gasteiger partial charge in [0.05, 0.1) is 10.1 Å². The van der Waals surface area contributed by atoms with Crippen LogP contribution in [0.4, 0.5) is 0 Å². The fourth-order valence-corrected chi connectivity index (χ4v) is 2.06. The van der Waals surface area contributed by atoms with E-state index >= 15 is 0 Å². The number of sulfone groups is 1. The van der Waals surface area contributed by atoms with Crippen molar-refractivity contribution in [3.05, 3.63) is 18.5 Å². The van der Waals surface area contributed by atoms with Crippen molar-refractivity contribution in [2.24, 2.45) is 0 Å². The third-order valence-electron chi connectivity index (χ3n) is 1.98. The van der Waals surface area contributed by atoms with E-state index in [4.69, 9.17) is 10.0 Å². The second-order valence-corrected chi connectivity index (χ2v) is 5.93. The molecule has 1 aromatic rings. The number of pyridine rings is 1. The van der Waals surface area contributed by atoms with Crippen LogP contribution in [0, 0.1) is 0 Å². The summed E-state index contributed by atoms with van der Waals surface area (Å²) in [6.45, 7) is 3.11. The van der Waals surface area contributed by atoms with Gasteiger partial charge in [0.1, 0.15) is 0 Å². The SMILES string of the molecule is CC(C)S(=O)(=O)c1cncc(B(O)O)c1. The van der Waals surface area contributed by atoms with E-state index in [0.717, 1.165) is 0 Å². The summed E-state index contributed by atoms with van der Waals surface area (Å²) in [4.78, 5) is 3.66. The van der Waals surface area contributed by atoms with E-state index in [1.54, 1.807) is 13.8 Å². The van der Waals surface area contributed by atoms with Gasteiger partial charge in [-0.15, -0.1) is 0 Å². The molecule has 5 nitrogen and oxygen atoms in total. The van der Waals surface area contributed by atoms with Gasteiger partial charge in [-0.05, 0) is 19.9 Å². The first-order valence-corrected chi connectivity index (χ1v) is 5.95. The molecule has 0 spiro atoms. The quantitative estimate of drug-likeness (QED) is 0.645. The number of rotatable bonds is 3. The molecule has 7 heteroatoms. The van der Waals surface area contributed by atoms with E-state index in [0.29, 0.717) is 0 Å². The molecule has 0 radical (unpaired) electrons. The highest BCUT2D eigenvalue weighted by atomic mass is 32.2. The molecule has 0 fully saturated rings. The number of aromatic nitrogens is 1. The normalized spacial score (nSPS) is 11.8. The average molecular weight is 229 g/mol. The van der Waals surface area contributed by atoms with Crippen molar-refractivity contribution >= 4 is 22.4 Å². The van der Waals surface area contributed by atoms with Crippen molar-refractivity contribution in [2.75, 3.05) is 0 Å². The van der Waals surface area contributed by atoms with Crippen LogP contribution in [-0.4, -0.2) is 35.8 Å². The maximum absolute atomic E-state index is 11.7. The third-order valence-corrected chi connectivity index (χ3v) is 4.10. The van der Waals surface area contributed by atoms with Crippen LogP contribution in [0.25, 0.3) is 0 Å². The predicted octanol–water partition coefficient (Wildman–Crippen LogP) is -1.06. The van der Waals surface area contributed by atoms with Gasteiger partial charge < -0.3 is 10.0 Å². The minimum absolute atomic E-state index is 0.00287. The molecule has 0 atom stereocenters. The fourth-order valence-electron chi connectivity index (χ4n) is 1.00. The third kappa shape index (κ3) is 2.56. The largest absolute Gasteiger partial charge is 0.490 e. The molecule has 1 aromatic heterocycles. The van der Waals surface area contributed by atoms with E-state index in [2.05, 4.69) is 4.98 Å². The molecule has 1 heterocycles. The van der Waals surface area contributed by atoms with Gasteiger partial charge in [0.25, 0.3) is 0 Å². The second kappa shape index (κ2) is 4.30. The average Bonchev–Trinajstić information content (AvgIpc) is 2.17. The molecule has 82 valence electrons. The molecule has 0 aliphatic carbocycles. The molecule has 1 rings (SSSR count). The van der Waals surface area contributed by atoms with Gasteiger partial charge >= 0.3 is 7.12 Å². The Morgan fingerprint density at radius 2 is 1.93 bits per heavy atom. The molecule has 0 saturated heterocycles. The summed E-state index contributed by atoms with van der Waals surface area (Å²) >= 11 is 0. The standard InChI is InChI=1S/C8H12BNO4S/c1-6(2)15(13,14)8-3-7(9(11)12)4-10-5-8/h3-6,11-12H,1-2H3. The molecule has 0 bridgehead atoms. The first-order valence-electron chi connectivity index (χ1n) is 4.40. The first kappa shape index (κ1) is 12.2. The Labute approximate surface area is 88.9 Å². The minimum atomic E-state index is -3.42. The van der Waals surface area contributed by atoms with Crippen LogP contribution in [0.2, 0.25) is 0 Å². The molecular weight excluding hydrogens is 217 g/mol. The van der Waals surface area contributed by atoms with Crippen LogP contribution in [0.3, 0.4) is 0 Å². The zero-order valence-electron chi connectivity index (χ0n) is 8.45. The van der Waals surface area contributed by atoms with Gasteiger partial charge in [0, 0.05) is 17.9 Å². The summed E-state index contributed by atoms with van der Waals surface area (Å²) in [5.74, 6) is 0. The predicted molar refractivity (Wildman–Crippen MR) is 56.4 cm³/mol. The van der Waals surface area contributed by atoms with Crippen LogP contribution in [0.5, 0.6) is 0 Å². The number of hydrogen-bond donors (Lipinski definition) is 2. The molecule has 0 saturated carbocycles. The van der Waals surface area contributed by atoms with E-state index in [1.807, 2.05) is 0 Å². The fraction of sp³-hybridized carbons (Fsp3) is 0.375. The molecule has 0 aliphatic heterocycles. The lowest BCUT2D eigenvalue weighted by Gasteiger charge is -2.08. The summed E-state index contributed by atoms with van der Waals surface area (Å²) in [6, 6.07) is 1.22. The van der Waals surface area contributed by atoms with Crippen molar-refractivity contribution < 1.29 is 18.5 Å². The summed E-state index contributed by atoms with van der Waals surface area (Å²) < 4.78 is 23.4. The molecule has 0 aromatic carbocycles. The zero-order valence-corrected chi connectivity index (χ0v) is 9.27. The lowest BCUT2D eigenvalue weighted by atomic mass is 9.82. The Hall–Kier alpha value is -0.915. The van der Waals surface area contributed by atoms with Gasteiger partial charge in [-0.3, -0.25) is 4.98 Å². The maximum atomic E-state index is 11.7. The Balaban J connectivity index is 3.23. The van der Waals surface area contributed by atoms with Gasteiger partial charge in [-0.1, -0.05) is 0 Å². The molecule has 15 heavy (non-hydrogen) atoms. The lowest BCUT2D eigenvalue weighted by molar-refractivity contribution is 0.425. The highest BCUT2D eigenvalue weighted by Gasteiger charge is 2.21. The van der Waals surface area contributed by atoms with Crippen molar-refractivity contribution in [1.82, 2.24) is 4.98 Å². The van der Waals surface area contributed by atoms with Crippen molar-refractivity contribution in [2.45, 2.75) is 24.0 Å². The van der Waals surface area contributed by atoms with Crippen molar-refractivity contribution in [3.63, 3.8) is 0 Å². The molecule has 0 unspecified atom stereocenters. The van der Waals surface area contributed by atoms with Crippen molar-refractivity contribution in [3.8, 4) is 0 Å². The molecule has 0 aliphatic rings. The van der Waals surface area contributed by atoms with Gasteiger partial charge in [-0.25, -0.2) is 8.42 Å². The van der Waals surface area contributed by atoms with Crippen LogP contribution in [0.15, 0.2) is 23.4 Å². The second-order valence-electron chi connectivity index (χ2n) is 3.42.